The van der Waals surface area contributed by atoms with Gasteiger partial charge in [-0.15, -0.1) is 0 Å². The molecular weight excluding hydrogens is 884 g/mol. The summed E-state index contributed by atoms with van der Waals surface area (Å²) in [5, 5.41) is 20.0. The number of carbonyl (C=O) groups is 2. The summed E-state index contributed by atoms with van der Waals surface area (Å²) >= 11 is 7.51. The first-order chi connectivity index (χ1) is 16.1. The minimum absolute atomic E-state index is 0.0594. The third-order valence-electron chi connectivity index (χ3n) is 5.37. The van der Waals surface area contributed by atoms with Gasteiger partial charge in [-0.1, -0.05) is 23.7 Å². The standard InChI is InChI=1S/C26H14I4O4/c1-13-17(5-9-27)23(25(31)32)18(6-10-28)14(2)21(13)22-15(3)19(7-11-29)24(26(33)34)20(8-12-30)16(22)4/h1-4H3,(H,31,32)(H,33,34). The van der Waals surface area contributed by atoms with Gasteiger partial charge < -0.3 is 10.2 Å². The van der Waals surface area contributed by atoms with E-state index in [2.05, 4.69) is 39.4 Å². The van der Waals surface area contributed by atoms with Gasteiger partial charge in [-0.05, 0) is 76.8 Å². The predicted molar refractivity (Wildman–Crippen MR) is 168 cm³/mol. The maximum Gasteiger partial charge on any atom is 0.338 e. The van der Waals surface area contributed by atoms with Crippen molar-refractivity contribution in [2.24, 2.45) is 0 Å². The van der Waals surface area contributed by atoms with Crippen LogP contribution >= 0.6 is 90.4 Å². The van der Waals surface area contributed by atoms with E-state index in [1.807, 2.05) is 118 Å². The lowest BCUT2D eigenvalue weighted by atomic mass is 9.79. The fraction of sp³-hybridized carbons (Fsp3) is 0.154. The molecule has 0 saturated heterocycles. The summed E-state index contributed by atoms with van der Waals surface area (Å²) < 4.78 is 11.1. The molecule has 2 aromatic carbocycles. The number of aromatic carboxylic acids is 2. The summed E-state index contributed by atoms with van der Waals surface area (Å²) in [5.74, 6) is 9.56. The summed E-state index contributed by atoms with van der Waals surface area (Å²) in [5.41, 5.74) is 5.84. The van der Waals surface area contributed by atoms with E-state index in [1.54, 1.807) is 0 Å². The van der Waals surface area contributed by atoms with Gasteiger partial charge in [-0.2, -0.15) is 0 Å². The number of carboxylic acids is 2. The van der Waals surface area contributed by atoms with Crippen molar-refractivity contribution in [1.29, 1.82) is 0 Å². The zero-order valence-electron chi connectivity index (χ0n) is 18.2. The molecular formula is C26H14I4O4. The van der Waals surface area contributed by atoms with Crippen LogP contribution in [0.15, 0.2) is 0 Å². The van der Waals surface area contributed by atoms with E-state index < -0.39 is 11.9 Å². The van der Waals surface area contributed by atoms with Gasteiger partial charge in [0.25, 0.3) is 0 Å². The van der Waals surface area contributed by atoms with Gasteiger partial charge in [0.05, 0.1) is 11.1 Å². The van der Waals surface area contributed by atoms with E-state index in [0.29, 0.717) is 44.5 Å². The molecule has 0 aliphatic rings. The zero-order valence-corrected chi connectivity index (χ0v) is 26.9. The average molecular weight is 898 g/mol. The molecule has 8 heteroatoms. The van der Waals surface area contributed by atoms with Crippen LogP contribution in [0.1, 0.15) is 65.2 Å². The van der Waals surface area contributed by atoms with Crippen LogP contribution in [0.3, 0.4) is 0 Å². The third kappa shape index (κ3) is 5.36. The fourth-order valence-corrected chi connectivity index (χ4v) is 5.13. The van der Waals surface area contributed by atoms with Crippen LogP contribution in [0.25, 0.3) is 11.1 Å². The fourth-order valence-electron chi connectivity index (χ4n) is 4.05. The summed E-state index contributed by atoms with van der Waals surface area (Å²) in [6.45, 7) is 7.29. The Morgan fingerprint density at radius 2 is 0.735 bits per heavy atom. The molecule has 0 spiro atoms. The third-order valence-corrected chi connectivity index (χ3v) is 6.45. The van der Waals surface area contributed by atoms with Crippen molar-refractivity contribution in [3.63, 3.8) is 0 Å². The SMILES string of the molecule is Cc1c(C#CI)c(C(=O)O)c(C#CI)c(C)c1-c1c(C)c(C#CI)c(C(=O)O)c(C#CI)c1C. The van der Waals surface area contributed by atoms with Crippen LogP contribution in [0, 0.1) is 67.1 Å². The number of hydrogen-bond donors (Lipinski definition) is 2. The lowest BCUT2D eigenvalue weighted by molar-refractivity contribution is 0.0685. The van der Waals surface area contributed by atoms with Gasteiger partial charge in [-0.3, -0.25) is 0 Å². The topological polar surface area (TPSA) is 74.6 Å². The Kier molecular flexibility index (Phi) is 10.6. The Labute approximate surface area is 253 Å². The first-order valence-corrected chi connectivity index (χ1v) is 13.7. The Balaban J connectivity index is 3.37. The number of benzene rings is 2. The molecule has 2 rings (SSSR count). The van der Waals surface area contributed by atoms with Gasteiger partial charge in [0, 0.05) is 113 Å². The molecule has 0 bridgehead atoms. The highest BCUT2D eigenvalue weighted by Gasteiger charge is 2.28. The van der Waals surface area contributed by atoms with Crippen LogP contribution in [-0.2, 0) is 0 Å². The van der Waals surface area contributed by atoms with Gasteiger partial charge in [0.15, 0.2) is 0 Å². The molecule has 0 heterocycles. The van der Waals surface area contributed by atoms with Crippen molar-refractivity contribution in [1.82, 2.24) is 0 Å². The zero-order chi connectivity index (χ0) is 25.7. The Bertz CT molecular complexity index is 1300. The molecule has 0 aliphatic heterocycles. The molecule has 170 valence electrons. The predicted octanol–water partition coefficient (Wildman–Crippen LogP) is 6.96. The van der Waals surface area contributed by atoms with Crippen LogP contribution in [-0.4, -0.2) is 22.2 Å². The molecule has 0 aliphatic carbocycles. The minimum atomic E-state index is -1.11. The molecule has 0 radical (unpaired) electrons. The van der Waals surface area contributed by atoms with Gasteiger partial charge in [0.2, 0.25) is 0 Å². The molecule has 0 fully saturated rings. The number of hydrogen-bond acceptors (Lipinski definition) is 2. The van der Waals surface area contributed by atoms with E-state index in [0.717, 1.165) is 11.1 Å². The first-order valence-electron chi connectivity index (χ1n) is 9.36. The normalized spacial score (nSPS) is 9.29. The summed E-state index contributed by atoms with van der Waals surface area (Å²) in [6.07, 6.45) is 0. The highest BCUT2D eigenvalue weighted by molar-refractivity contribution is 14.1. The largest absolute Gasteiger partial charge is 0.478 e. The molecule has 0 unspecified atom stereocenters. The molecule has 4 nitrogen and oxygen atoms in total. The van der Waals surface area contributed by atoms with Crippen LogP contribution in [0.5, 0.6) is 0 Å². The highest BCUT2D eigenvalue weighted by Crippen LogP contribution is 2.41. The van der Waals surface area contributed by atoms with Crippen molar-refractivity contribution in [2.75, 3.05) is 0 Å². The number of halogens is 4. The maximum atomic E-state index is 12.2. The van der Waals surface area contributed by atoms with E-state index in [1.165, 1.54) is 0 Å². The molecule has 0 amide bonds. The van der Waals surface area contributed by atoms with Crippen molar-refractivity contribution >= 4 is 102 Å². The van der Waals surface area contributed by atoms with Gasteiger partial charge >= 0.3 is 11.9 Å². The molecule has 0 aromatic heterocycles. The Morgan fingerprint density at radius 3 is 0.882 bits per heavy atom. The molecule has 0 atom stereocenters. The van der Waals surface area contributed by atoms with E-state index in [-0.39, 0.29) is 11.1 Å². The molecule has 34 heavy (non-hydrogen) atoms. The Hall–Kier alpha value is -1.46. The quantitative estimate of drug-likeness (QED) is 0.259. The van der Waals surface area contributed by atoms with Gasteiger partial charge in [-0.25, -0.2) is 9.59 Å². The van der Waals surface area contributed by atoms with Crippen LogP contribution in [0.4, 0.5) is 0 Å². The van der Waals surface area contributed by atoms with E-state index in [9.17, 15) is 19.8 Å². The minimum Gasteiger partial charge on any atom is -0.478 e. The monoisotopic (exact) mass is 898 g/mol. The van der Waals surface area contributed by atoms with Crippen molar-refractivity contribution in [3.05, 3.63) is 55.6 Å². The lowest BCUT2D eigenvalue weighted by Gasteiger charge is -2.23. The van der Waals surface area contributed by atoms with Crippen LogP contribution in [0.2, 0.25) is 0 Å². The number of carboxylic acid groups (broad SMARTS) is 2. The molecule has 2 aromatic rings. The molecule has 2 N–H and O–H groups in total. The van der Waals surface area contributed by atoms with Crippen LogP contribution < -0.4 is 0 Å². The second-order valence-electron chi connectivity index (χ2n) is 6.99. The van der Waals surface area contributed by atoms with Crippen molar-refractivity contribution < 1.29 is 19.8 Å². The first kappa shape index (κ1) is 28.8. The van der Waals surface area contributed by atoms with Crippen molar-refractivity contribution in [3.8, 4) is 50.5 Å². The smallest absolute Gasteiger partial charge is 0.338 e. The van der Waals surface area contributed by atoms with E-state index in [4.69, 9.17) is 0 Å². The van der Waals surface area contributed by atoms with Gasteiger partial charge in [0.1, 0.15) is 0 Å². The Morgan fingerprint density at radius 1 is 0.529 bits per heavy atom. The highest BCUT2D eigenvalue weighted by atomic mass is 127. The molecule has 0 saturated carbocycles. The summed E-state index contributed by atoms with van der Waals surface area (Å²) in [6, 6.07) is 0. The summed E-state index contributed by atoms with van der Waals surface area (Å²) in [4.78, 5) is 24.5. The maximum absolute atomic E-state index is 12.2. The average Bonchev–Trinajstić information content (AvgIpc) is 2.77. The number of rotatable bonds is 3. The van der Waals surface area contributed by atoms with E-state index >= 15 is 0 Å². The second kappa shape index (κ2) is 12.5. The lowest BCUT2D eigenvalue weighted by Crippen LogP contribution is -2.13. The van der Waals surface area contributed by atoms with Crippen molar-refractivity contribution in [2.45, 2.75) is 27.7 Å². The summed E-state index contributed by atoms with van der Waals surface area (Å²) in [7, 11) is 0. The second-order valence-corrected chi connectivity index (χ2v) is 9.15.